The van der Waals surface area contributed by atoms with Crippen molar-refractivity contribution in [2.45, 2.75) is 0 Å². The van der Waals surface area contributed by atoms with Crippen molar-refractivity contribution < 1.29 is 14.0 Å². The van der Waals surface area contributed by atoms with Crippen LogP contribution in [0.1, 0.15) is 16.1 Å². The van der Waals surface area contributed by atoms with Crippen LogP contribution >= 0.6 is 11.6 Å². The molecule has 0 aliphatic rings. The van der Waals surface area contributed by atoms with Gasteiger partial charge in [0.25, 0.3) is 11.8 Å². The molecule has 126 valence electrons. The summed E-state index contributed by atoms with van der Waals surface area (Å²) in [6.45, 7) is 0. The summed E-state index contributed by atoms with van der Waals surface area (Å²) in [4.78, 5) is 27.8. The Morgan fingerprint density at radius 2 is 1.88 bits per heavy atom. The topological polar surface area (TPSA) is 75.5 Å². The van der Waals surface area contributed by atoms with E-state index >= 15 is 0 Å². The Bertz CT molecular complexity index is 984. The normalized spacial score (nSPS) is 11.0. The third kappa shape index (κ3) is 3.67. The van der Waals surface area contributed by atoms with Gasteiger partial charge >= 0.3 is 0 Å². The molecule has 3 aromatic rings. The Hall–Kier alpha value is -3.19. The predicted octanol–water partition coefficient (Wildman–Crippen LogP) is 2.60. The van der Waals surface area contributed by atoms with E-state index in [2.05, 4.69) is 15.8 Å². The molecular formula is C17H12ClFN4O2. The van der Waals surface area contributed by atoms with Crippen molar-refractivity contribution in [2.75, 3.05) is 0 Å². The lowest BCUT2D eigenvalue weighted by Crippen LogP contribution is -2.41. The molecule has 1 aromatic carbocycles. The lowest BCUT2D eigenvalue weighted by molar-refractivity contribution is -0.117. The second kappa shape index (κ2) is 7.14. The smallest absolute Gasteiger partial charge is 0.272 e. The maximum Gasteiger partial charge on any atom is 0.272 e. The zero-order chi connectivity index (χ0) is 17.8. The lowest BCUT2D eigenvalue weighted by atomic mass is 10.2. The molecular weight excluding hydrogens is 347 g/mol. The Kier molecular flexibility index (Phi) is 4.76. The average molecular weight is 359 g/mol. The van der Waals surface area contributed by atoms with E-state index in [4.69, 9.17) is 11.6 Å². The standard InChI is InChI=1S/C17H12ClFN4O2/c18-16-13(23-10-4-3-7-14(23)20-16)8-9-15(24)21-22-17(25)11-5-1-2-6-12(11)19/h1-10H,(H,21,24)(H,22,25). The van der Waals surface area contributed by atoms with Crippen molar-refractivity contribution >= 4 is 35.1 Å². The number of fused-ring (bicyclic) bond motifs is 1. The van der Waals surface area contributed by atoms with Crippen LogP contribution in [0.5, 0.6) is 0 Å². The molecule has 0 spiro atoms. The minimum Gasteiger partial charge on any atom is -0.299 e. The van der Waals surface area contributed by atoms with Gasteiger partial charge in [-0.15, -0.1) is 0 Å². The molecule has 8 heteroatoms. The fraction of sp³-hybridized carbons (Fsp3) is 0. The molecule has 0 aliphatic carbocycles. The van der Waals surface area contributed by atoms with Crippen molar-refractivity contribution in [3.63, 3.8) is 0 Å². The summed E-state index contributed by atoms with van der Waals surface area (Å²) in [5.41, 5.74) is 5.30. The highest BCUT2D eigenvalue weighted by molar-refractivity contribution is 6.31. The Morgan fingerprint density at radius 1 is 1.12 bits per heavy atom. The number of hydrazine groups is 1. The highest BCUT2D eigenvalue weighted by Crippen LogP contribution is 2.18. The maximum atomic E-state index is 13.5. The number of benzene rings is 1. The van der Waals surface area contributed by atoms with Crippen LogP contribution < -0.4 is 10.9 Å². The van der Waals surface area contributed by atoms with E-state index in [-0.39, 0.29) is 10.7 Å². The number of imidazole rings is 1. The first kappa shape index (κ1) is 16.7. The monoisotopic (exact) mass is 358 g/mol. The van der Waals surface area contributed by atoms with Crippen LogP contribution in [-0.2, 0) is 4.79 Å². The van der Waals surface area contributed by atoms with Crippen LogP contribution in [0, 0.1) is 5.82 Å². The van der Waals surface area contributed by atoms with Gasteiger partial charge in [0.05, 0.1) is 11.3 Å². The number of carbonyl (C=O) groups is 2. The molecule has 0 unspecified atom stereocenters. The van der Waals surface area contributed by atoms with Crippen molar-refractivity contribution in [3.05, 3.63) is 77.0 Å². The number of nitrogens with zero attached hydrogens (tertiary/aromatic N) is 2. The number of amides is 2. The molecule has 2 heterocycles. The number of carbonyl (C=O) groups excluding carboxylic acids is 2. The first-order valence-corrected chi connectivity index (χ1v) is 7.59. The second-order valence-corrected chi connectivity index (χ2v) is 5.33. The van der Waals surface area contributed by atoms with Crippen LogP contribution in [-0.4, -0.2) is 21.2 Å². The third-order valence-electron chi connectivity index (χ3n) is 3.33. The molecule has 0 radical (unpaired) electrons. The van der Waals surface area contributed by atoms with Gasteiger partial charge in [-0.25, -0.2) is 9.37 Å². The van der Waals surface area contributed by atoms with Crippen molar-refractivity contribution in [1.82, 2.24) is 20.2 Å². The minimum atomic E-state index is -0.757. The van der Waals surface area contributed by atoms with E-state index in [1.54, 1.807) is 22.7 Å². The zero-order valence-electron chi connectivity index (χ0n) is 12.7. The summed E-state index contributed by atoms with van der Waals surface area (Å²) < 4.78 is 15.2. The minimum absolute atomic E-state index is 0.170. The van der Waals surface area contributed by atoms with Crippen molar-refractivity contribution in [1.29, 1.82) is 0 Å². The van der Waals surface area contributed by atoms with E-state index < -0.39 is 17.6 Å². The number of pyridine rings is 1. The summed E-state index contributed by atoms with van der Waals surface area (Å²) in [5, 5.41) is 0.241. The molecule has 0 saturated carbocycles. The maximum absolute atomic E-state index is 13.5. The number of nitrogens with one attached hydrogen (secondary N) is 2. The number of rotatable bonds is 3. The van der Waals surface area contributed by atoms with Crippen LogP contribution in [0.25, 0.3) is 11.7 Å². The predicted molar refractivity (Wildman–Crippen MR) is 91.2 cm³/mol. The van der Waals surface area contributed by atoms with Gasteiger partial charge in [0, 0.05) is 12.3 Å². The molecule has 6 nitrogen and oxygen atoms in total. The highest BCUT2D eigenvalue weighted by atomic mass is 35.5. The van der Waals surface area contributed by atoms with E-state index in [0.717, 1.165) is 6.07 Å². The summed E-state index contributed by atoms with van der Waals surface area (Å²) in [6.07, 6.45) is 4.41. The fourth-order valence-corrected chi connectivity index (χ4v) is 2.40. The van der Waals surface area contributed by atoms with Gasteiger partial charge in [-0.2, -0.15) is 0 Å². The van der Waals surface area contributed by atoms with Gasteiger partial charge < -0.3 is 0 Å². The van der Waals surface area contributed by atoms with Gasteiger partial charge in [-0.1, -0.05) is 29.8 Å². The number of halogens is 2. The first-order chi connectivity index (χ1) is 12.1. The van der Waals surface area contributed by atoms with Crippen LogP contribution in [0.3, 0.4) is 0 Å². The molecule has 2 aromatic heterocycles. The van der Waals surface area contributed by atoms with E-state index in [1.165, 1.54) is 30.4 Å². The molecule has 25 heavy (non-hydrogen) atoms. The Balaban J connectivity index is 1.66. The fourth-order valence-electron chi connectivity index (χ4n) is 2.16. The first-order valence-electron chi connectivity index (χ1n) is 7.22. The van der Waals surface area contributed by atoms with Crippen LogP contribution in [0.15, 0.2) is 54.7 Å². The molecule has 0 fully saturated rings. The summed E-state index contributed by atoms with van der Waals surface area (Å²) in [6, 6.07) is 10.8. The zero-order valence-corrected chi connectivity index (χ0v) is 13.5. The lowest BCUT2D eigenvalue weighted by Gasteiger charge is -2.05. The summed E-state index contributed by atoms with van der Waals surface area (Å²) in [7, 11) is 0. The van der Waals surface area contributed by atoms with Gasteiger partial charge in [-0.05, 0) is 30.3 Å². The van der Waals surface area contributed by atoms with Crippen LogP contribution in [0.4, 0.5) is 4.39 Å². The van der Waals surface area contributed by atoms with E-state index in [9.17, 15) is 14.0 Å². The molecule has 0 aliphatic heterocycles. The average Bonchev–Trinajstić information content (AvgIpc) is 2.93. The molecule has 0 atom stereocenters. The summed E-state index contributed by atoms with van der Waals surface area (Å²) >= 11 is 6.05. The van der Waals surface area contributed by atoms with Gasteiger partial charge in [0.2, 0.25) is 0 Å². The molecule has 3 rings (SSSR count). The van der Waals surface area contributed by atoms with Crippen molar-refractivity contribution in [3.8, 4) is 0 Å². The number of hydrogen-bond acceptors (Lipinski definition) is 3. The van der Waals surface area contributed by atoms with E-state index in [0.29, 0.717) is 11.3 Å². The van der Waals surface area contributed by atoms with Crippen LogP contribution in [0.2, 0.25) is 5.15 Å². The molecule has 0 saturated heterocycles. The van der Waals surface area contributed by atoms with Gasteiger partial charge in [-0.3, -0.25) is 24.8 Å². The van der Waals surface area contributed by atoms with Gasteiger partial charge in [0.1, 0.15) is 11.5 Å². The summed E-state index contributed by atoms with van der Waals surface area (Å²) in [5.74, 6) is -2.04. The molecule has 2 amide bonds. The third-order valence-corrected chi connectivity index (χ3v) is 3.61. The second-order valence-electron chi connectivity index (χ2n) is 4.97. The SMILES string of the molecule is O=C(C=Cc1c(Cl)nc2ccccn12)NNC(=O)c1ccccc1F. The molecule has 2 N–H and O–H groups in total. The Labute approximate surface area is 146 Å². The van der Waals surface area contributed by atoms with E-state index in [1.807, 2.05) is 6.07 Å². The quantitative estimate of drug-likeness (QED) is 0.558. The van der Waals surface area contributed by atoms with Crippen molar-refractivity contribution in [2.24, 2.45) is 0 Å². The Morgan fingerprint density at radius 3 is 2.68 bits per heavy atom. The number of hydrogen-bond donors (Lipinski definition) is 2. The highest BCUT2D eigenvalue weighted by Gasteiger charge is 2.11. The van der Waals surface area contributed by atoms with Gasteiger partial charge in [0.15, 0.2) is 5.15 Å². The molecule has 0 bridgehead atoms. The largest absolute Gasteiger partial charge is 0.299 e. The number of aromatic nitrogens is 2.